The number of nitrogens with one attached hydrogen (secondary N) is 4. The van der Waals surface area contributed by atoms with Crippen molar-refractivity contribution in [2.45, 2.75) is 12.7 Å². The van der Waals surface area contributed by atoms with E-state index in [-0.39, 0.29) is 12.2 Å². The molecule has 158 valence electrons. The molecule has 11 heteroatoms. The Morgan fingerprint density at radius 1 is 1.16 bits per heavy atom. The van der Waals surface area contributed by atoms with Crippen molar-refractivity contribution in [3.05, 3.63) is 53.6 Å². The maximum Gasteiger partial charge on any atom is 0.414 e. The van der Waals surface area contributed by atoms with E-state index in [1.165, 1.54) is 6.20 Å². The number of nitrogen functional groups attached to an aromatic ring is 1. The van der Waals surface area contributed by atoms with E-state index in [0.29, 0.717) is 35.1 Å². The molecule has 4 aromatic heterocycles. The lowest BCUT2D eigenvalue weighted by atomic mass is 10.0. The van der Waals surface area contributed by atoms with Gasteiger partial charge >= 0.3 is 6.18 Å². The molecule has 1 aliphatic rings. The summed E-state index contributed by atoms with van der Waals surface area (Å²) in [4.78, 5) is 18.9. The molecular weight excluding hydrogens is 409 g/mol. The van der Waals surface area contributed by atoms with Crippen LogP contribution in [0.1, 0.15) is 11.1 Å². The second-order valence-corrected chi connectivity index (χ2v) is 7.12. The topological polar surface area (TPSA) is 120 Å². The average molecular weight is 426 g/mol. The van der Waals surface area contributed by atoms with Crippen LogP contribution in [-0.2, 0) is 6.54 Å². The third kappa shape index (κ3) is 3.54. The van der Waals surface area contributed by atoms with Crippen LogP contribution in [0, 0.1) is 0 Å². The summed E-state index contributed by atoms with van der Waals surface area (Å²) in [6.45, 7) is 0.116. The van der Waals surface area contributed by atoms with E-state index in [0.717, 1.165) is 22.7 Å². The van der Waals surface area contributed by atoms with Crippen molar-refractivity contribution < 1.29 is 13.2 Å². The number of aromatic amines is 2. The van der Waals surface area contributed by atoms with Gasteiger partial charge in [-0.1, -0.05) is 0 Å². The molecule has 0 saturated carbocycles. The van der Waals surface area contributed by atoms with Crippen LogP contribution in [0.3, 0.4) is 0 Å². The van der Waals surface area contributed by atoms with Crippen LogP contribution in [0.25, 0.3) is 28.4 Å². The molecule has 5 heterocycles. The molecule has 4 aromatic rings. The zero-order valence-electron chi connectivity index (χ0n) is 16.0. The van der Waals surface area contributed by atoms with Gasteiger partial charge in [0.15, 0.2) is 0 Å². The lowest BCUT2D eigenvalue weighted by Crippen LogP contribution is -2.22. The first kappa shape index (κ1) is 19.0. The second-order valence-electron chi connectivity index (χ2n) is 7.12. The van der Waals surface area contributed by atoms with Crippen LogP contribution in [0.4, 0.5) is 30.6 Å². The predicted octanol–water partition coefficient (Wildman–Crippen LogP) is 3.91. The number of aromatic nitrogens is 5. The third-order valence-corrected chi connectivity index (χ3v) is 5.04. The van der Waals surface area contributed by atoms with Crippen molar-refractivity contribution >= 4 is 34.6 Å². The Bertz CT molecular complexity index is 1300. The molecule has 31 heavy (non-hydrogen) atoms. The maximum atomic E-state index is 13.2. The summed E-state index contributed by atoms with van der Waals surface area (Å²) in [5, 5.41) is 6.84. The average Bonchev–Trinajstić information content (AvgIpc) is 3.38. The van der Waals surface area contributed by atoms with Crippen LogP contribution >= 0.6 is 0 Å². The fraction of sp³-hybridized carbons (Fsp3) is 0.150. The number of nitrogens with zero attached hydrogens (tertiary/aromatic N) is 3. The Kier molecular flexibility index (Phi) is 4.31. The Labute approximate surface area is 173 Å². The highest BCUT2D eigenvalue weighted by molar-refractivity contribution is 5.87. The van der Waals surface area contributed by atoms with Crippen LogP contribution in [-0.4, -0.2) is 37.6 Å². The van der Waals surface area contributed by atoms with Crippen molar-refractivity contribution in [3.63, 3.8) is 0 Å². The number of nitrogens with two attached hydrogens (primary N) is 1. The largest absolute Gasteiger partial charge is 0.414 e. The monoisotopic (exact) mass is 426 g/mol. The number of H-pyrrole nitrogens is 2. The lowest BCUT2D eigenvalue weighted by molar-refractivity contribution is -0.0909. The van der Waals surface area contributed by atoms with Crippen molar-refractivity contribution in [2.75, 3.05) is 22.9 Å². The smallest absolute Gasteiger partial charge is 0.396 e. The summed E-state index contributed by atoms with van der Waals surface area (Å²) < 4.78 is 39.5. The highest BCUT2D eigenvalue weighted by atomic mass is 19.4. The van der Waals surface area contributed by atoms with Crippen LogP contribution in [0.15, 0.2) is 42.5 Å². The molecule has 6 N–H and O–H groups in total. The number of anilines is 3. The summed E-state index contributed by atoms with van der Waals surface area (Å²) in [5.74, 6) is 0.790. The summed E-state index contributed by atoms with van der Waals surface area (Å²) >= 11 is 0. The van der Waals surface area contributed by atoms with Gasteiger partial charge in [-0.15, -0.1) is 0 Å². The molecule has 5 rings (SSSR count). The van der Waals surface area contributed by atoms with Crippen LogP contribution < -0.4 is 16.4 Å². The Hall–Kier alpha value is -4.02. The zero-order chi connectivity index (χ0) is 21.6. The fourth-order valence-electron chi connectivity index (χ4n) is 3.47. The Morgan fingerprint density at radius 2 is 2.03 bits per heavy atom. The van der Waals surface area contributed by atoms with Crippen LogP contribution in [0.5, 0.6) is 0 Å². The summed E-state index contributed by atoms with van der Waals surface area (Å²) in [6.07, 6.45) is 3.26. The van der Waals surface area contributed by atoms with E-state index in [1.54, 1.807) is 12.4 Å². The van der Waals surface area contributed by atoms with E-state index < -0.39 is 11.7 Å². The van der Waals surface area contributed by atoms with Gasteiger partial charge in [0.25, 0.3) is 0 Å². The van der Waals surface area contributed by atoms with E-state index in [2.05, 4.69) is 35.6 Å². The van der Waals surface area contributed by atoms with Gasteiger partial charge in [-0.25, -0.2) is 15.0 Å². The molecule has 0 radical (unpaired) electrons. The fourth-order valence-corrected chi connectivity index (χ4v) is 3.47. The molecule has 0 spiro atoms. The summed E-state index contributed by atoms with van der Waals surface area (Å²) in [5.41, 5.74) is 8.53. The van der Waals surface area contributed by atoms with Crippen molar-refractivity contribution in [1.82, 2.24) is 24.9 Å². The van der Waals surface area contributed by atoms with Gasteiger partial charge in [0.1, 0.15) is 17.2 Å². The summed E-state index contributed by atoms with van der Waals surface area (Å²) in [6, 6.07) is 3.91. The van der Waals surface area contributed by atoms with E-state index in [4.69, 9.17) is 5.73 Å². The lowest BCUT2D eigenvalue weighted by Gasteiger charge is -2.18. The molecular formula is C20H17F3N8. The van der Waals surface area contributed by atoms with Crippen LogP contribution in [0.2, 0.25) is 0 Å². The molecule has 0 bridgehead atoms. The molecule has 0 saturated heterocycles. The molecule has 0 atom stereocenters. The number of rotatable bonds is 4. The minimum absolute atomic E-state index is 0.260. The van der Waals surface area contributed by atoms with Gasteiger partial charge in [-0.05, 0) is 23.8 Å². The molecule has 0 aromatic carbocycles. The Balaban J connectivity index is 1.43. The zero-order valence-corrected chi connectivity index (χ0v) is 16.0. The number of hydrogen-bond donors (Lipinski definition) is 5. The molecule has 0 unspecified atom stereocenters. The second kappa shape index (κ2) is 7.04. The number of alkyl halides is 3. The van der Waals surface area contributed by atoms with E-state index in [1.807, 2.05) is 18.3 Å². The molecule has 1 aliphatic heterocycles. The molecule has 8 nitrogen and oxygen atoms in total. The van der Waals surface area contributed by atoms with Crippen molar-refractivity contribution in [1.29, 1.82) is 0 Å². The van der Waals surface area contributed by atoms with E-state index >= 15 is 0 Å². The Morgan fingerprint density at radius 3 is 2.87 bits per heavy atom. The van der Waals surface area contributed by atoms with Gasteiger partial charge in [-0.2, -0.15) is 13.2 Å². The normalized spacial score (nSPS) is 13.6. The summed E-state index contributed by atoms with van der Waals surface area (Å²) in [7, 11) is 0. The van der Waals surface area contributed by atoms with Gasteiger partial charge in [0, 0.05) is 48.2 Å². The van der Waals surface area contributed by atoms with Crippen molar-refractivity contribution in [3.8, 4) is 11.3 Å². The predicted molar refractivity (Wildman–Crippen MR) is 112 cm³/mol. The van der Waals surface area contributed by atoms with E-state index in [9.17, 15) is 13.2 Å². The number of hydrogen-bond acceptors (Lipinski definition) is 6. The molecule has 0 amide bonds. The first-order valence-electron chi connectivity index (χ1n) is 9.40. The standard InChI is InChI=1S/C20H17F3N8/c21-20(22,23)12-4-13-14(8-28-18(13)27-7-12)16-15(24)9-30-19(31-16)29-6-10-3-11-1-2-25-17(11)26-5-10/h1-5,8-9,27-28H,6-7,24H2,(H,25,26)(H,29,30,31). The first-order chi connectivity index (χ1) is 14.9. The SMILES string of the molecule is Nc1cnc(NCc2cnc3[nH]ccc3c2)nc1-c1c[nH]c2c1C=C(C(F)(F)F)CN2. The molecule has 0 aliphatic carbocycles. The minimum atomic E-state index is -4.42. The number of fused-ring (bicyclic) bond motifs is 2. The van der Waals surface area contributed by atoms with Gasteiger partial charge in [0.2, 0.25) is 5.95 Å². The molecule has 0 fully saturated rings. The highest BCUT2D eigenvalue weighted by Gasteiger charge is 2.35. The third-order valence-electron chi connectivity index (χ3n) is 5.04. The number of pyridine rings is 1. The quantitative estimate of drug-likeness (QED) is 0.337. The highest BCUT2D eigenvalue weighted by Crippen LogP contribution is 2.38. The maximum absolute atomic E-state index is 13.2. The number of halogens is 3. The minimum Gasteiger partial charge on any atom is -0.396 e. The van der Waals surface area contributed by atoms with Gasteiger partial charge < -0.3 is 26.3 Å². The van der Waals surface area contributed by atoms with Gasteiger partial charge in [-0.3, -0.25) is 0 Å². The van der Waals surface area contributed by atoms with Gasteiger partial charge in [0.05, 0.1) is 17.5 Å². The van der Waals surface area contributed by atoms with Crippen molar-refractivity contribution in [2.24, 2.45) is 0 Å². The first-order valence-corrected chi connectivity index (χ1v) is 9.40.